The fraction of sp³-hybridized carbons (Fsp3) is 0.941. The van der Waals surface area contributed by atoms with Crippen LogP contribution in [0.15, 0.2) is 0 Å². The number of carbonyl (C=O) groups is 1. The highest BCUT2D eigenvalue weighted by Gasteiger charge is 2.39. The van der Waals surface area contributed by atoms with Crippen LogP contribution in [0.1, 0.15) is 58.3 Å². The van der Waals surface area contributed by atoms with Crippen molar-refractivity contribution in [1.82, 2.24) is 10.2 Å². The van der Waals surface area contributed by atoms with Crippen LogP contribution in [0.5, 0.6) is 0 Å². The molecule has 4 nitrogen and oxygen atoms in total. The van der Waals surface area contributed by atoms with Crippen LogP contribution in [-0.4, -0.2) is 48.7 Å². The van der Waals surface area contributed by atoms with Gasteiger partial charge in [-0.05, 0) is 51.4 Å². The van der Waals surface area contributed by atoms with E-state index in [1.54, 1.807) is 7.11 Å². The van der Waals surface area contributed by atoms with Crippen molar-refractivity contribution >= 4 is 5.91 Å². The van der Waals surface area contributed by atoms with Crippen molar-refractivity contribution in [3.8, 4) is 0 Å². The summed E-state index contributed by atoms with van der Waals surface area (Å²) in [6.45, 7) is 3.76. The maximum absolute atomic E-state index is 12.8. The molecule has 0 aromatic rings. The van der Waals surface area contributed by atoms with Crippen LogP contribution in [0.4, 0.5) is 0 Å². The highest BCUT2D eigenvalue weighted by atomic mass is 16.5. The Labute approximate surface area is 128 Å². The van der Waals surface area contributed by atoms with E-state index in [4.69, 9.17) is 4.74 Å². The van der Waals surface area contributed by atoms with Crippen molar-refractivity contribution in [1.29, 1.82) is 0 Å². The molecule has 4 heteroatoms. The smallest absolute Gasteiger partial charge is 0.239 e. The summed E-state index contributed by atoms with van der Waals surface area (Å²) in [6.07, 6.45) is 9.64. The standard InChI is InChI=1S/C17H30N2O2/c1-17(21-2)10-5-11-19(12-17)16(20)15-9-8-13-6-3-4-7-14(13)18-15/h13-15,18H,3-12H2,1-2H3. The Kier molecular flexibility index (Phi) is 4.55. The lowest BCUT2D eigenvalue weighted by atomic mass is 9.77. The molecule has 1 N–H and O–H groups in total. The highest BCUT2D eigenvalue weighted by molar-refractivity contribution is 5.82. The van der Waals surface area contributed by atoms with E-state index in [0.29, 0.717) is 11.9 Å². The van der Waals surface area contributed by atoms with Crippen molar-refractivity contribution in [2.75, 3.05) is 20.2 Å². The normalized spacial score (nSPS) is 40.7. The number of nitrogens with zero attached hydrogens (tertiary/aromatic N) is 1. The Hall–Kier alpha value is -0.610. The summed E-state index contributed by atoms with van der Waals surface area (Å²) < 4.78 is 5.62. The lowest BCUT2D eigenvalue weighted by Crippen LogP contribution is -2.59. The average Bonchev–Trinajstić information content (AvgIpc) is 2.54. The van der Waals surface area contributed by atoms with Crippen LogP contribution >= 0.6 is 0 Å². The number of fused-ring (bicyclic) bond motifs is 1. The van der Waals surface area contributed by atoms with E-state index < -0.39 is 0 Å². The first-order chi connectivity index (χ1) is 10.1. The second-order valence-electron chi connectivity index (χ2n) is 7.47. The third kappa shape index (κ3) is 3.26. The second kappa shape index (κ2) is 6.25. The number of hydrogen-bond donors (Lipinski definition) is 1. The van der Waals surface area contributed by atoms with Gasteiger partial charge in [0, 0.05) is 26.2 Å². The van der Waals surface area contributed by atoms with E-state index in [1.165, 1.54) is 32.1 Å². The highest BCUT2D eigenvalue weighted by Crippen LogP contribution is 2.33. The summed E-state index contributed by atoms with van der Waals surface area (Å²) >= 11 is 0. The fourth-order valence-corrected chi connectivity index (χ4v) is 4.47. The Morgan fingerprint density at radius 1 is 1.19 bits per heavy atom. The zero-order chi connectivity index (χ0) is 14.9. The molecule has 0 radical (unpaired) electrons. The Morgan fingerprint density at radius 2 is 2.00 bits per heavy atom. The lowest BCUT2D eigenvalue weighted by Gasteiger charge is -2.44. The number of piperidine rings is 2. The van der Waals surface area contributed by atoms with Gasteiger partial charge < -0.3 is 15.0 Å². The zero-order valence-electron chi connectivity index (χ0n) is 13.6. The number of nitrogens with one attached hydrogen (secondary N) is 1. The quantitative estimate of drug-likeness (QED) is 0.850. The summed E-state index contributed by atoms with van der Waals surface area (Å²) in [5, 5.41) is 3.67. The molecule has 2 saturated heterocycles. The van der Waals surface area contributed by atoms with Crippen molar-refractivity contribution in [3.63, 3.8) is 0 Å². The van der Waals surface area contributed by atoms with Gasteiger partial charge in [0.25, 0.3) is 0 Å². The first-order valence-electron chi connectivity index (χ1n) is 8.71. The maximum atomic E-state index is 12.8. The molecule has 21 heavy (non-hydrogen) atoms. The van der Waals surface area contributed by atoms with E-state index in [1.807, 2.05) is 4.90 Å². The van der Waals surface area contributed by atoms with Gasteiger partial charge >= 0.3 is 0 Å². The number of hydrogen-bond acceptors (Lipinski definition) is 3. The van der Waals surface area contributed by atoms with Gasteiger partial charge in [0.1, 0.15) is 0 Å². The molecule has 3 aliphatic rings. The number of amides is 1. The van der Waals surface area contributed by atoms with Gasteiger partial charge in [-0.15, -0.1) is 0 Å². The van der Waals surface area contributed by atoms with Crippen LogP contribution in [-0.2, 0) is 9.53 Å². The van der Waals surface area contributed by atoms with E-state index in [-0.39, 0.29) is 11.6 Å². The molecular weight excluding hydrogens is 264 g/mol. The van der Waals surface area contributed by atoms with Crippen molar-refractivity contribution in [2.45, 2.75) is 76.0 Å². The molecule has 1 saturated carbocycles. The van der Waals surface area contributed by atoms with Gasteiger partial charge in [0.2, 0.25) is 5.91 Å². The molecule has 120 valence electrons. The number of likely N-dealkylation sites (tertiary alicyclic amines) is 1. The summed E-state index contributed by atoms with van der Waals surface area (Å²) in [5.41, 5.74) is -0.157. The summed E-state index contributed by atoms with van der Waals surface area (Å²) in [6, 6.07) is 0.628. The van der Waals surface area contributed by atoms with Crippen molar-refractivity contribution in [3.05, 3.63) is 0 Å². The third-order valence-electron chi connectivity index (χ3n) is 5.91. The van der Waals surface area contributed by atoms with Crippen LogP contribution in [0.3, 0.4) is 0 Å². The molecule has 2 heterocycles. The SMILES string of the molecule is COC1(C)CCCN(C(=O)C2CCC3CCCCC3N2)C1. The maximum Gasteiger partial charge on any atom is 0.239 e. The van der Waals surface area contributed by atoms with Crippen LogP contribution in [0.25, 0.3) is 0 Å². The molecule has 0 aromatic carbocycles. The van der Waals surface area contributed by atoms with Crippen molar-refractivity contribution < 1.29 is 9.53 Å². The van der Waals surface area contributed by atoms with Gasteiger partial charge in [-0.3, -0.25) is 4.79 Å². The average molecular weight is 294 g/mol. The fourth-order valence-electron chi connectivity index (χ4n) is 4.47. The van der Waals surface area contributed by atoms with E-state index in [2.05, 4.69) is 12.2 Å². The van der Waals surface area contributed by atoms with Gasteiger partial charge in [-0.2, -0.15) is 0 Å². The molecule has 4 unspecified atom stereocenters. The molecular formula is C17H30N2O2. The zero-order valence-corrected chi connectivity index (χ0v) is 13.6. The van der Waals surface area contributed by atoms with Crippen molar-refractivity contribution in [2.24, 2.45) is 5.92 Å². The number of rotatable bonds is 2. The van der Waals surface area contributed by atoms with Gasteiger partial charge in [-0.25, -0.2) is 0 Å². The minimum Gasteiger partial charge on any atom is -0.377 e. The Morgan fingerprint density at radius 3 is 2.81 bits per heavy atom. The molecule has 1 amide bonds. The molecule has 4 atom stereocenters. The summed E-state index contributed by atoms with van der Waals surface area (Å²) in [7, 11) is 1.76. The Balaban J connectivity index is 1.60. The monoisotopic (exact) mass is 294 g/mol. The first-order valence-corrected chi connectivity index (χ1v) is 8.71. The number of carbonyl (C=O) groups excluding carboxylic acids is 1. The minimum atomic E-state index is -0.157. The van der Waals surface area contributed by atoms with Crippen LogP contribution in [0.2, 0.25) is 0 Å². The molecule has 3 fully saturated rings. The molecule has 2 aliphatic heterocycles. The summed E-state index contributed by atoms with van der Waals surface area (Å²) in [4.78, 5) is 14.9. The molecule has 0 aromatic heterocycles. The largest absolute Gasteiger partial charge is 0.377 e. The van der Waals surface area contributed by atoms with Gasteiger partial charge in [0.05, 0.1) is 11.6 Å². The first kappa shape index (κ1) is 15.3. The Bertz CT molecular complexity index is 387. The van der Waals surface area contributed by atoms with E-state index in [9.17, 15) is 4.79 Å². The van der Waals surface area contributed by atoms with E-state index >= 15 is 0 Å². The number of ether oxygens (including phenoxy) is 1. The lowest BCUT2D eigenvalue weighted by molar-refractivity contribution is -0.142. The van der Waals surface area contributed by atoms with Crippen LogP contribution in [0, 0.1) is 5.92 Å². The predicted molar refractivity (Wildman–Crippen MR) is 83.1 cm³/mol. The molecule has 1 aliphatic carbocycles. The topological polar surface area (TPSA) is 41.6 Å². The number of methoxy groups -OCH3 is 1. The molecule has 0 spiro atoms. The second-order valence-corrected chi connectivity index (χ2v) is 7.47. The molecule has 3 rings (SSSR count). The van der Waals surface area contributed by atoms with Gasteiger partial charge in [-0.1, -0.05) is 12.8 Å². The third-order valence-corrected chi connectivity index (χ3v) is 5.91. The molecule has 0 bridgehead atoms. The van der Waals surface area contributed by atoms with Gasteiger partial charge in [0.15, 0.2) is 0 Å². The minimum absolute atomic E-state index is 0.0450. The summed E-state index contributed by atoms with van der Waals surface area (Å²) in [5.74, 6) is 1.12. The van der Waals surface area contributed by atoms with Crippen LogP contribution < -0.4 is 5.32 Å². The van der Waals surface area contributed by atoms with E-state index in [0.717, 1.165) is 38.3 Å². The predicted octanol–water partition coefficient (Wildman–Crippen LogP) is 2.32.